The Kier molecular flexibility index (Phi) is 6.64. The van der Waals surface area contributed by atoms with Crippen LogP contribution in [0.15, 0.2) is 18.2 Å². The summed E-state index contributed by atoms with van der Waals surface area (Å²) in [5, 5.41) is 7.64. The van der Waals surface area contributed by atoms with Gasteiger partial charge >= 0.3 is 0 Å². The molecule has 0 spiro atoms. The van der Waals surface area contributed by atoms with Crippen LogP contribution >= 0.6 is 11.6 Å². The number of nitrogens with one attached hydrogen (secondary N) is 2. The molecule has 3 nitrogen and oxygen atoms in total. The van der Waals surface area contributed by atoms with Gasteiger partial charge in [-0.3, -0.25) is 0 Å². The van der Waals surface area contributed by atoms with Crippen LogP contribution in [-0.4, -0.2) is 26.2 Å². The molecule has 2 rings (SSSR count). The van der Waals surface area contributed by atoms with Gasteiger partial charge in [-0.05, 0) is 62.5 Å². The van der Waals surface area contributed by atoms with Crippen LogP contribution in [0.4, 0.5) is 0 Å². The molecular formula is C16H25ClN2O. The highest BCUT2D eigenvalue weighted by atomic mass is 35.5. The van der Waals surface area contributed by atoms with Crippen molar-refractivity contribution in [3.63, 3.8) is 0 Å². The first-order valence-electron chi connectivity index (χ1n) is 7.62. The molecule has 1 aliphatic rings. The average Bonchev–Trinajstić information content (AvgIpc) is 2.47. The summed E-state index contributed by atoms with van der Waals surface area (Å²) in [5.41, 5.74) is 1.22. The maximum Gasteiger partial charge on any atom is 0.137 e. The Labute approximate surface area is 127 Å². The van der Waals surface area contributed by atoms with Crippen molar-refractivity contribution in [1.82, 2.24) is 10.6 Å². The highest BCUT2D eigenvalue weighted by Gasteiger charge is 2.12. The van der Waals surface area contributed by atoms with Gasteiger partial charge in [-0.2, -0.15) is 0 Å². The Morgan fingerprint density at radius 1 is 1.35 bits per heavy atom. The second kappa shape index (κ2) is 8.50. The van der Waals surface area contributed by atoms with E-state index in [0.29, 0.717) is 11.6 Å². The van der Waals surface area contributed by atoms with Crippen LogP contribution in [-0.2, 0) is 6.54 Å². The number of hydrogen-bond acceptors (Lipinski definition) is 3. The molecule has 0 aromatic heterocycles. The maximum atomic E-state index is 6.23. The van der Waals surface area contributed by atoms with Crippen molar-refractivity contribution in [3.8, 4) is 5.75 Å². The Morgan fingerprint density at radius 2 is 2.15 bits per heavy atom. The number of benzene rings is 1. The first kappa shape index (κ1) is 15.6. The summed E-state index contributed by atoms with van der Waals surface area (Å²) in [5.74, 6) is 1.59. The van der Waals surface area contributed by atoms with E-state index in [1.165, 1.54) is 18.4 Å². The lowest BCUT2D eigenvalue weighted by atomic mass is 9.98. The molecule has 0 saturated carbocycles. The molecule has 20 heavy (non-hydrogen) atoms. The third-order valence-corrected chi connectivity index (χ3v) is 3.97. The molecule has 0 unspecified atom stereocenters. The lowest BCUT2D eigenvalue weighted by Crippen LogP contribution is -2.33. The lowest BCUT2D eigenvalue weighted by molar-refractivity contribution is 0.317. The number of hydrogen-bond donors (Lipinski definition) is 2. The Hall–Kier alpha value is -0.770. The first-order chi connectivity index (χ1) is 9.79. The predicted molar refractivity (Wildman–Crippen MR) is 84.5 cm³/mol. The average molecular weight is 297 g/mol. The van der Waals surface area contributed by atoms with Crippen LogP contribution in [0.1, 0.15) is 31.7 Å². The van der Waals surface area contributed by atoms with Crippen LogP contribution in [0.5, 0.6) is 5.75 Å². The van der Waals surface area contributed by atoms with E-state index in [4.69, 9.17) is 16.3 Å². The van der Waals surface area contributed by atoms with Crippen LogP contribution in [0.3, 0.4) is 0 Å². The Bertz CT molecular complexity index is 405. The van der Waals surface area contributed by atoms with Crippen molar-refractivity contribution < 1.29 is 4.74 Å². The molecule has 0 bridgehead atoms. The van der Waals surface area contributed by atoms with Gasteiger partial charge in [0.25, 0.3) is 0 Å². The van der Waals surface area contributed by atoms with E-state index in [1.54, 1.807) is 0 Å². The van der Waals surface area contributed by atoms with Crippen molar-refractivity contribution in [1.29, 1.82) is 0 Å². The summed E-state index contributed by atoms with van der Waals surface area (Å²) < 4.78 is 5.58. The summed E-state index contributed by atoms with van der Waals surface area (Å²) in [6, 6.07) is 6.06. The fourth-order valence-corrected chi connectivity index (χ4v) is 2.75. The summed E-state index contributed by atoms with van der Waals surface area (Å²) in [4.78, 5) is 0. The van der Waals surface area contributed by atoms with Gasteiger partial charge in [0.1, 0.15) is 5.75 Å². The molecule has 1 saturated heterocycles. The van der Waals surface area contributed by atoms with E-state index < -0.39 is 0 Å². The van der Waals surface area contributed by atoms with Gasteiger partial charge in [-0.15, -0.1) is 0 Å². The molecule has 0 atom stereocenters. The largest absolute Gasteiger partial charge is 0.492 e. The molecule has 1 aromatic carbocycles. The number of ether oxygens (including phenoxy) is 1. The normalized spacial score (nSPS) is 16.3. The lowest BCUT2D eigenvalue weighted by Gasteiger charge is -2.22. The molecule has 1 aliphatic heterocycles. The topological polar surface area (TPSA) is 33.3 Å². The van der Waals surface area contributed by atoms with Gasteiger partial charge < -0.3 is 15.4 Å². The van der Waals surface area contributed by atoms with Crippen LogP contribution < -0.4 is 15.4 Å². The zero-order valence-corrected chi connectivity index (χ0v) is 13.0. The molecule has 1 aromatic rings. The second-order valence-electron chi connectivity index (χ2n) is 5.44. The molecule has 0 radical (unpaired) electrons. The molecule has 112 valence electrons. The SMILES string of the molecule is CCCOc1ccc(CNCC2CCNCC2)cc1Cl. The molecular weight excluding hydrogens is 272 g/mol. The van der Waals surface area contributed by atoms with Gasteiger partial charge in [0.2, 0.25) is 0 Å². The van der Waals surface area contributed by atoms with Crippen LogP contribution in [0.25, 0.3) is 0 Å². The first-order valence-corrected chi connectivity index (χ1v) is 8.00. The van der Waals surface area contributed by atoms with Crippen LogP contribution in [0, 0.1) is 5.92 Å². The van der Waals surface area contributed by atoms with Crippen LogP contribution in [0.2, 0.25) is 5.02 Å². The monoisotopic (exact) mass is 296 g/mol. The summed E-state index contributed by atoms with van der Waals surface area (Å²) >= 11 is 6.23. The Morgan fingerprint density at radius 3 is 2.85 bits per heavy atom. The summed E-state index contributed by atoms with van der Waals surface area (Å²) in [7, 11) is 0. The van der Waals surface area contributed by atoms with E-state index >= 15 is 0 Å². The van der Waals surface area contributed by atoms with Crippen molar-refractivity contribution in [2.24, 2.45) is 5.92 Å². The molecule has 2 N–H and O–H groups in total. The smallest absolute Gasteiger partial charge is 0.137 e. The Balaban J connectivity index is 1.76. The number of rotatable bonds is 7. The maximum absolute atomic E-state index is 6.23. The zero-order valence-electron chi connectivity index (χ0n) is 12.3. The highest BCUT2D eigenvalue weighted by Crippen LogP contribution is 2.25. The standard InChI is InChI=1S/C16H25ClN2O/c1-2-9-20-16-4-3-14(10-15(16)17)12-19-11-13-5-7-18-8-6-13/h3-4,10,13,18-19H,2,5-9,11-12H2,1H3. The van der Waals surface area contributed by atoms with E-state index in [-0.39, 0.29) is 0 Å². The summed E-state index contributed by atoms with van der Waals surface area (Å²) in [6.07, 6.45) is 3.55. The van der Waals surface area contributed by atoms with Gasteiger partial charge in [0.15, 0.2) is 0 Å². The highest BCUT2D eigenvalue weighted by molar-refractivity contribution is 6.32. The molecule has 1 fully saturated rings. The van der Waals surface area contributed by atoms with Crippen molar-refractivity contribution in [3.05, 3.63) is 28.8 Å². The minimum Gasteiger partial charge on any atom is -0.492 e. The van der Waals surface area contributed by atoms with Gasteiger partial charge in [-0.1, -0.05) is 24.6 Å². The summed E-state index contributed by atoms with van der Waals surface area (Å²) in [6.45, 7) is 7.08. The van der Waals surface area contributed by atoms with Crippen molar-refractivity contribution in [2.45, 2.75) is 32.7 Å². The molecule has 4 heteroatoms. The second-order valence-corrected chi connectivity index (χ2v) is 5.84. The van der Waals surface area contributed by atoms with E-state index in [2.05, 4.69) is 23.6 Å². The number of piperidine rings is 1. The fraction of sp³-hybridized carbons (Fsp3) is 0.625. The molecule has 0 aliphatic carbocycles. The van der Waals surface area contributed by atoms with E-state index in [9.17, 15) is 0 Å². The molecule has 1 heterocycles. The van der Waals surface area contributed by atoms with E-state index in [0.717, 1.165) is 44.3 Å². The van der Waals surface area contributed by atoms with E-state index in [1.807, 2.05) is 12.1 Å². The van der Waals surface area contributed by atoms with Gasteiger partial charge in [0, 0.05) is 6.54 Å². The van der Waals surface area contributed by atoms with Gasteiger partial charge in [0.05, 0.1) is 11.6 Å². The quantitative estimate of drug-likeness (QED) is 0.810. The predicted octanol–water partition coefficient (Wildman–Crippen LogP) is 3.22. The fourth-order valence-electron chi connectivity index (χ4n) is 2.49. The number of halogens is 1. The third-order valence-electron chi connectivity index (χ3n) is 3.68. The minimum absolute atomic E-state index is 0.708. The van der Waals surface area contributed by atoms with Gasteiger partial charge in [-0.25, -0.2) is 0 Å². The minimum atomic E-state index is 0.708. The zero-order chi connectivity index (χ0) is 14.2. The van der Waals surface area contributed by atoms with Crippen molar-refractivity contribution >= 4 is 11.6 Å². The van der Waals surface area contributed by atoms with Crippen molar-refractivity contribution in [2.75, 3.05) is 26.2 Å². The molecule has 0 amide bonds. The third kappa shape index (κ3) is 4.97.